The first-order valence-electron chi connectivity index (χ1n) is 3.29. The third-order valence-corrected chi connectivity index (χ3v) is 2.78. The highest BCUT2D eigenvalue weighted by Gasteiger charge is 2.31. The lowest BCUT2D eigenvalue weighted by molar-refractivity contribution is -0.314. The van der Waals surface area contributed by atoms with E-state index in [2.05, 4.69) is 15.9 Å². The number of rotatable bonds is 4. The third-order valence-electron chi connectivity index (χ3n) is 1.65. The molecule has 11 heavy (non-hydrogen) atoms. The van der Waals surface area contributed by atoms with E-state index in [1.807, 2.05) is 0 Å². The zero-order valence-corrected chi connectivity index (χ0v) is 8.10. The van der Waals surface area contributed by atoms with Gasteiger partial charge in [0.05, 0.1) is 11.4 Å². The molecule has 0 heterocycles. The Morgan fingerprint density at radius 1 is 1.55 bits per heavy atom. The fourth-order valence-corrected chi connectivity index (χ4v) is 1.17. The van der Waals surface area contributed by atoms with Crippen LogP contribution in [0.2, 0.25) is 0 Å². The molecule has 0 aliphatic heterocycles. The van der Waals surface area contributed by atoms with Gasteiger partial charge in [0.2, 0.25) is 0 Å². The van der Waals surface area contributed by atoms with Crippen LogP contribution in [0, 0.1) is 5.41 Å². The van der Waals surface area contributed by atoms with E-state index < -0.39 is 11.4 Å². The highest BCUT2D eigenvalue weighted by atomic mass is 79.9. The van der Waals surface area contributed by atoms with E-state index in [-0.39, 0.29) is 17.5 Å². The van der Waals surface area contributed by atoms with E-state index in [1.165, 1.54) is 6.92 Å². The summed E-state index contributed by atoms with van der Waals surface area (Å²) in [6, 6.07) is 0. The normalized spacial score (nSPS) is 15.5. The summed E-state index contributed by atoms with van der Waals surface area (Å²) in [6.45, 7) is 3.00. The van der Waals surface area contributed by atoms with Gasteiger partial charge in [0.1, 0.15) is 5.78 Å². The van der Waals surface area contributed by atoms with Crippen molar-refractivity contribution in [3.63, 3.8) is 0 Å². The first kappa shape index (κ1) is 10.6. The molecule has 0 aromatic rings. The quantitative estimate of drug-likeness (QED) is 0.501. The highest BCUT2D eigenvalue weighted by Crippen LogP contribution is 2.21. The first-order chi connectivity index (χ1) is 4.99. The van der Waals surface area contributed by atoms with Crippen LogP contribution >= 0.6 is 15.9 Å². The van der Waals surface area contributed by atoms with E-state index in [4.69, 9.17) is 0 Å². The zero-order valence-electron chi connectivity index (χ0n) is 6.52. The van der Waals surface area contributed by atoms with Gasteiger partial charge in [-0.2, -0.15) is 0 Å². The zero-order chi connectivity index (χ0) is 9.07. The molecule has 0 fully saturated rings. The molecule has 0 amide bonds. The Labute approximate surface area is 73.9 Å². The average Bonchev–Trinajstić information content (AvgIpc) is 2.01. The summed E-state index contributed by atoms with van der Waals surface area (Å²) in [5.41, 5.74) is -1.37. The lowest BCUT2D eigenvalue weighted by atomic mass is 9.87. The van der Waals surface area contributed by atoms with E-state index in [9.17, 15) is 14.7 Å². The van der Waals surface area contributed by atoms with Crippen LogP contribution in [0.4, 0.5) is 0 Å². The maximum Gasteiger partial charge on any atom is 0.144 e. The predicted molar refractivity (Wildman–Crippen MR) is 42.2 cm³/mol. The van der Waals surface area contributed by atoms with Gasteiger partial charge in [-0.3, -0.25) is 4.79 Å². The van der Waals surface area contributed by atoms with Crippen LogP contribution in [0.3, 0.4) is 0 Å². The summed E-state index contributed by atoms with van der Waals surface area (Å²) in [4.78, 5) is 21.5. The molecule has 0 aliphatic carbocycles. The van der Waals surface area contributed by atoms with E-state index >= 15 is 0 Å². The highest BCUT2D eigenvalue weighted by molar-refractivity contribution is 9.09. The minimum absolute atomic E-state index is 0.106. The Balaban J connectivity index is 4.59. The molecule has 0 spiro atoms. The van der Waals surface area contributed by atoms with Crippen molar-refractivity contribution in [2.45, 2.75) is 20.3 Å². The van der Waals surface area contributed by atoms with Gasteiger partial charge in [0.25, 0.3) is 0 Å². The smallest absolute Gasteiger partial charge is 0.144 e. The average molecular weight is 222 g/mol. The Morgan fingerprint density at radius 3 is 2.09 bits per heavy atom. The van der Waals surface area contributed by atoms with Crippen molar-refractivity contribution in [2.75, 3.05) is 5.33 Å². The SMILES string of the molecule is CCC(=O)C(C)(CBr)C(=O)[O-]. The minimum Gasteiger partial charge on any atom is -0.549 e. The Morgan fingerprint density at radius 2 is 2.00 bits per heavy atom. The maximum absolute atomic E-state index is 11.1. The molecule has 0 aromatic carbocycles. The fraction of sp³-hybridized carbons (Fsp3) is 0.714. The number of Topliss-reactive ketones (excluding diaryl/α,β-unsaturated/α-hetero) is 1. The van der Waals surface area contributed by atoms with Crippen molar-refractivity contribution >= 4 is 27.7 Å². The monoisotopic (exact) mass is 221 g/mol. The number of halogens is 1. The molecular formula is C7H10BrO3-. The third kappa shape index (κ3) is 2.02. The van der Waals surface area contributed by atoms with Gasteiger partial charge < -0.3 is 9.90 Å². The van der Waals surface area contributed by atoms with Gasteiger partial charge in [-0.1, -0.05) is 22.9 Å². The van der Waals surface area contributed by atoms with Crippen LogP contribution in [-0.4, -0.2) is 17.1 Å². The number of alkyl halides is 1. The molecule has 64 valence electrons. The number of ketones is 1. The Bertz CT molecular complexity index is 179. The van der Waals surface area contributed by atoms with E-state index in [0.717, 1.165) is 0 Å². The number of carbonyl (C=O) groups excluding carboxylic acids is 2. The molecule has 0 saturated carbocycles. The molecular weight excluding hydrogens is 212 g/mol. The molecule has 1 atom stereocenters. The van der Waals surface area contributed by atoms with Crippen LogP contribution in [0.5, 0.6) is 0 Å². The number of aliphatic carboxylic acids is 1. The van der Waals surface area contributed by atoms with Crippen LogP contribution in [-0.2, 0) is 9.59 Å². The van der Waals surface area contributed by atoms with Crippen LogP contribution in [0.25, 0.3) is 0 Å². The second kappa shape index (κ2) is 3.85. The first-order valence-corrected chi connectivity index (χ1v) is 4.42. The summed E-state index contributed by atoms with van der Waals surface area (Å²) >= 11 is 2.97. The van der Waals surface area contributed by atoms with Gasteiger partial charge >= 0.3 is 0 Å². The van der Waals surface area contributed by atoms with Crippen molar-refractivity contribution in [1.29, 1.82) is 0 Å². The maximum atomic E-state index is 11.1. The minimum atomic E-state index is -1.37. The number of carboxylic acids is 1. The number of carboxylic acid groups (broad SMARTS) is 1. The molecule has 0 bridgehead atoms. The molecule has 0 saturated heterocycles. The van der Waals surface area contributed by atoms with Crippen molar-refractivity contribution in [3.8, 4) is 0 Å². The van der Waals surface area contributed by atoms with Gasteiger partial charge in [0, 0.05) is 11.8 Å². The van der Waals surface area contributed by atoms with Crippen LogP contribution < -0.4 is 5.11 Å². The lowest BCUT2D eigenvalue weighted by Gasteiger charge is -2.25. The molecule has 0 rings (SSSR count). The summed E-state index contributed by atoms with van der Waals surface area (Å²) in [5, 5.41) is 10.6. The molecule has 1 unspecified atom stereocenters. The molecule has 3 nitrogen and oxygen atoms in total. The summed E-state index contributed by atoms with van der Waals surface area (Å²) in [5.74, 6) is -1.63. The standard InChI is InChI=1S/C7H11BrO3/c1-3-5(9)7(2,4-8)6(10)11/h3-4H2,1-2H3,(H,10,11)/p-1. The topological polar surface area (TPSA) is 57.2 Å². The molecule has 0 aromatic heterocycles. The van der Waals surface area contributed by atoms with Crippen LogP contribution in [0.15, 0.2) is 0 Å². The summed E-state index contributed by atoms with van der Waals surface area (Å²) < 4.78 is 0. The molecule has 0 aliphatic rings. The Kier molecular flexibility index (Phi) is 3.72. The Hall–Kier alpha value is -0.380. The summed E-state index contributed by atoms with van der Waals surface area (Å²) in [6.07, 6.45) is 0.218. The second-order valence-corrected chi connectivity index (χ2v) is 3.09. The van der Waals surface area contributed by atoms with Gasteiger partial charge in [-0.15, -0.1) is 0 Å². The largest absolute Gasteiger partial charge is 0.549 e. The van der Waals surface area contributed by atoms with E-state index in [1.54, 1.807) is 6.92 Å². The van der Waals surface area contributed by atoms with Gasteiger partial charge in [-0.25, -0.2) is 0 Å². The molecule has 0 radical (unpaired) electrons. The summed E-state index contributed by atoms with van der Waals surface area (Å²) in [7, 11) is 0. The fourth-order valence-electron chi connectivity index (χ4n) is 0.633. The number of hydrogen-bond donors (Lipinski definition) is 0. The van der Waals surface area contributed by atoms with Crippen molar-refractivity contribution in [1.82, 2.24) is 0 Å². The van der Waals surface area contributed by atoms with E-state index in [0.29, 0.717) is 0 Å². The number of carbonyl (C=O) groups is 2. The second-order valence-electron chi connectivity index (χ2n) is 2.53. The molecule has 4 heteroatoms. The van der Waals surface area contributed by atoms with Gasteiger partial charge in [0.15, 0.2) is 0 Å². The van der Waals surface area contributed by atoms with Crippen LogP contribution in [0.1, 0.15) is 20.3 Å². The number of hydrogen-bond acceptors (Lipinski definition) is 3. The van der Waals surface area contributed by atoms with Gasteiger partial charge in [-0.05, 0) is 6.92 Å². The molecule has 0 N–H and O–H groups in total. The lowest BCUT2D eigenvalue weighted by Crippen LogP contribution is -2.46. The van der Waals surface area contributed by atoms with Crippen molar-refractivity contribution in [2.24, 2.45) is 5.41 Å². The predicted octanol–water partition coefficient (Wildman–Crippen LogP) is 0.117. The van der Waals surface area contributed by atoms with Crippen molar-refractivity contribution < 1.29 is 14.7 Å². The van der Waals surface area contributed by atoms with Crippen molar-refractivity contribution in [3.05, 3.63) is 0 Å².